The standard InChI is InChI=1S/C30H14B5Br/c31-26-25(27(32)29(34)30(35)28(26)33)24-19-11-5-3-9-17(19)23(18-10-4-6-12-20(18)24)21-13-14-22(36)16-8-2-1-7-15(16)21/h1-14H. The first-order valence-electron chi connectivity index (χ1n) is 11.5. The fraction of sp³-hybridized carbons (Fsp3) is 0. The van der Waals surface area contributed by atoms with Crippen LogP contribution >= 0.6 is 15.9 Å². The average molecular weight is 508 g/mol. The molecule has 0 atom stereocenters. The summed E-state index contributed by atoms with van der Waals surface area (Å²) in [4.78, 5) is 0. The minimum absolute atomic E-state index is 0.209. The van der Waals surface area contributed by atoms with Crippen molar-refractivity contribution in [3.8, 4) is 22.3 Å². The Morgan fingerprint density at radius 2 is 0.750 bits per heavy atom. The van der Waals surface area contributed by atoms with Gasteiger partial charge in [-0.15, -0.1) is 16.4 Å². The summed E-state index contributed by atoms with van der Waals surface area (Å²) in [5.74, 6) is 0. The van der Waals surface area contributed by atoms with Crippen molar-refractivity contribution in [1.29, 1.82) is 0 Å². The molecule has 0 N–H and O–H groups in total. The molecule has 0 aliphatic rings. The van der Waals surface area contributed by atoms with Gasteiger partial charge in [0.2, 0.25) is 0 Å². The van der Waals surface area contributed by atoms with Crippen molar-refractivity contribution < 1.29 is 0 Å². The summed E-state index contributed by atoms with van der Waals surface area (Å²) >= 11 is 3.72. The van der Waals surface area contributed by atoms with Gasteiger partial charge in [-0.2, -0.15) is 0 Å². The molecule has 0 fully saturated rings. The molecule has 0 amide bonds. The molecule has 0 saturated carbocycles. The van der Waals surface area contributed by atoms with E-state index in [0.717, 1.165) is 53.5 Å². The fourth-order valence-electron chi connectivity index (χ4n) is 5.29. The molecule has 0 saturated heterocycles. The molecule has 0 aliphatic carbocycles. The van der Waals surface area contributed by atoms with Crippen LogP contribution in [-0.2, 0) is 0 Å². The Bertz CT molecular complexity index is 1770. The minimum atomic E-state index is 0.209. The molecule has 0 aliphatic heterocycles. The van der Waals surface area contributed by atoms with Crippen LogP contribution in [0.25, 0.3) is 54.6 Å². The summed E-state index contributed by atoms with van der Waals surface area (Å²) in [6, 6.07) is 29.2. The summed E-state index contributed by atoms with van der Waals surface area (Å²) in [7, 11) is 31.8. The van der Waals surface area contributed by atoms with E-state index in [1.165, 1.54) is 0 Å². The van der Waals surface area contributed by atoms with Crippen molar-refractivity contribution in [2.24, 2.45) is 0 Å². The van der Waals surface area contributed by atoms with E-state index in [0.29, 0.717) is 16.5 Å². The maximum Gasteiger partial charge on any atom is 0.113 e. The molecule has 6 aromatic carbocycles. The summed E-state index contributed by atoms with van der Waals surface area (Å²) in [6.07, 6.45) is 0. The third kappa shape index (κ3) is 3.34. The van der Waals surface area contributed by atoms with Crippen LogP contribution in [-0.4, -0.2) is 39.2 Å². The first-order valence-corrected chi connectivity index (χ1v) is 12.3. The van der Waals surface area contributed by atoms with Gasteiger partial charge in [0, 0.05) is 4.47 Å². The van der Waals surface area contributed by atoms with Gasteiger partial charge in [-0.25, -0.2) is 0 Å². The van der Waals surface area contributed by atoms with Crippen molar-refractivity contribution in [3.63, 3.8) is 0 Å². The van der Waals surface area contributed by atoms with E-state index in [-0.39, 0.29) is 16.4 Å². The highest BCUT2D eigenvalue weighted by molar-refractivity contribution is 9.10. The largest absolute Gasteiger partial charge is 0.113 e. The Morgan fingerprint density at radius 3 is 1.25 bits per heavy atom. The zero-order valence-corrected chi connectivity index (χ0v) is 20.9. The molecule has 6 aromatic rings. The predicted octanol–water partition coefficient (Wildman–Crippen LogP) is 3.21. The van der Waals surface area contributed by atoms with Gasteiger partial charge in [0.25, 0.3) is 0 Å². The molecule has 36 heavy (non-hydrogen) atoms. The third-order valence-corrected chi connectivity index (χ3v) is 7.71. The lowest BCUT2D eigenvalue weighted by molar-refractivity contribution is 1.68. The fourth-order valence-corrected chi connectivity index (χ4v) is 5.77. The summed E-state index contributed by atoms with van der Waals surface area (Å²) < 4.78 is 1.06. The number of benzene rings is 6. The monoisotopic (exact) mass is 508 g/mol. The SMILES string of the molecule is [B]c1c([B])c([B])c(-c2c3ccccc3c(-c3ccc(Br)c4ccccc34)c3ccccc23)c([B])c1[B]. The number of rotatable bonds is 2. The van der Waals surface area contributed by atoms with Gasteiger partial charge in [0.15, 0.2) is 0 Å². The molecule has 156 valence electrons. The van der Waals surface area contributed by atoms with E-state index < -0.39 is 0 Å². The first-order chi connectivity index (χ1) is 17.4. The second-order valence-corrected chi connectivity index (χ2v) is 9.78. The smallest absolute Gasteiger partial charge is 0.112 e. The molecule has 0 nitrogen and oxygen atoms in total. The van der Waals surface area contributed by atoms with E-state index >= 15 is 0 Å². The maximum atomic E-state index is 6.56. The first kappa shape index (κ1) is 23.3. The zero-order valence-electron chi connectivity index (χ0n) is 19.3. The van der Waals surface area contributed by atoms with Crippen LogP contribution in [0.3, 0.4) is 0 Å². The molecule has 10 radical (unpaired) electrons. The molecule has 0 aromatic heterocycles. The van der Waals surface area contributed by atoms with Gasteiger partial charge in [-0.1, -0.05) is 106 Å². The Labute approximate surface area is 225 Å². The normalized spacial score (nSPS) is 11.5. The van der Waals surface area contributed by atoms with Crippen molar-refractivity contribution in [1.82, 2.24) is 0 Å². The maximum absolute atomic E-state index is 6.56. The molecular weight excluding hydrogens is 494 g/mol. The molecule has 0 bridgehead atoms. The highest BCUT2D eigenvalue weighted by atomic mass is 79.9. The number of hydrogen-bond acceptors (Lipinski definition) is 0. The van der Waals surface area contributed by atoms with Crippen LogP contribution in [0.1, 0.15) is 0 Å². The third-order valence-electron chi connectivity index (χ3n) is 7.02. The summed E-state index contributed by atoms with van der Waals surface area (Å²) in [5.41, 5.74) is 5.14. The van der Waals surface area contributed by atoms with E-state index in [9.17, 15) is 0 Å². The Balaban J connectivity index is 1.86. The van der Waals surface area contributed by atoms with Crippen molar-refractivity contribution in [2.75, 3.05) is 0 Å². The van der Waals surface area contributed by atoms with E-state index in [2.05, 4.69) is 76.6 Å². The minimum Gasteiger partial charge on any atom is -0.112 e. The highest BCUT2D eigenvalue weighted by Gasteiger charge is 2.21. The lowest BCUT2D eigenvalue weighted by atomic mass is 9.59. The predicted molar refractivity (Wildman–Crippen MR) is 164 cm³/mol. The highest BCUT2D eigenvalue weighted by Crippen LogP contribution is 2.45. The van der Waals surface area contributed by atoms with Crippen LogP contribution in [0.2, 0.25) is 0 Å². The van der Waals surface area contributed by atoms with Crippen LogP contribution < -0.4 is 27.3 Å². The molecule has 6 heteroatoms. The Morgan fingerprint density at radius 1 is 0.361 bits per heavy atom. The van der Waals surface area contributed by atoms with Crippen molar-refractivity contribution >= 4 is 115 Å². The molecule has 0 unspecified atom stereocenters. The van der Waals surface area contributed by atoms with Gasteiger partial charge in [-0.05, 0) is 60.6 Å². The van der Waals surface area contributed by atoms with Crippen LogP contribution in [0, 0.1) is 0 Å². The summed E-state index contributed by atoms with van der Waals surface area (Å²) in [5, 5.41) is 6.47. The molecular formula is C30H14B5Br. The number of fused-ring (bicyclic) bond motifs is 3. The zero-order chi connectivity index (χ0) is 25.1. The number of halogens is 1. The Kier molecular flexibility index (Phi) is 5.69. The van der Waals surface area contributed by atoms with Gasteiger partial charge in [-0.3, -0.25) is 0 Å². The van der Waals surface area contributed by atoms with Gasteiger partial charge < -0.3 is 0 Å². The second-order valence-electron chi connectivity index (χ2n) is 8.93. The van der Waals surface area contributed by atoms with E-state index in [1.807, 2.05) is 24.3 Å². The van der Waals surface area contributed by atoms with Crippen LogP contribution in [0.5, 0.6) is 0 Å². The topological polar surface area (TPSA) is 0 Å². The average Bonchev–Trinajstić information content (AvgIpc) is 2.91. The van der Waals surface area contributed by atoms with Gasteiger partial charge in [0.05, 0.1) is 0 Å². The molecule has 0 spiro atoms. The second kappa shape index (κ2) is 8.78. The van der Waals surface area contributed by atoms with Crippen LogP contribution in [0.4, 0.5) is 0 Å². The quantitative estimate of drug-likeness (QED) is 0.249. The molecule has 0 heterocycles. The van der Waals surface area contributed by atoms with Crippen LogP contribution in [0.15, 0.2) is 89.4 Å². The summed E-state index contributed by atoms with van der Waals surface area (Å²) in [6.45, 7) is 0. The number of hydrogen-bond donors (Lipinski definition) is 0. The lowest BCUT2D eigenvalue weighted by Gasteiger charge is -2.25. The van der Waals surface area contributed by atoms with Crippen molar-refractivity contribution in [2.45, 2.75) is 0 Å². The van der Waals surface area contributed by atoms with E-state index in [1.54, 1.807) is 0 Å². The van der Waals surface area contributed by atoms with Gasteiger partial charge in [0.1, 0.15) is 39.2 Å². The van der Waals surface area contributed by atoms with Gasteiger partial charge >= 0.3 is 0 Å². The van der Waals surface area contributed by atoms with Crippen molar-refractivity contribution in [3.05, 3.63) is 89.4 Å². The lowest BCUT2D eigenvalue weighted by Crippen LogP contribution is -2.55. The molecule has 6 rings (SSSR count). The van der Waals surface area contributed by atoms with E-state index in [4.69, 9.17) is 39.2 Å². The Hall–Kier alpha value is -3.10.